The van der Waals surface area contributed by atoms with E-state index >= 15 is 0 Å². The molecule has 0 saturated carbocycles. The van der Waals surface area contributed by atoms with Gasteiger partial charge in [0.1, 0.15) is 11.9 Å². The Morgan fingerprint density at radius 3 is 2.15 bits per heavy atom. The van der Waals surface area contributed by atoms with Crippen LogP contribution in [0.2, 0.25) is 0 Å². The quantitative estimate of drug-likeness (QED) is 0.0202. The van der Waals surface area contributed by atoms with E-state index in [2.05, 4.69) is 25.5 Å². The molecule has 0 aromatic heterocycles. The van der Waals surface area contributed by atoms with Crippen molar-refractivity contribution in [1.82, 2.24) is 10.6 Å². The molecular formula is C18H34N4O8S11. The second kappa shape index (κ2) is 35.9. The van der Waals surface area contributed by atoms with Crippen molar-refractivity contribution < 1.29 is 38.5 Å². The zero-order valence-electron chi connectivity index (χ0n) is 21.8. The van der Waals surface area contributed by atoms with E-state index in [4.69, 9.17) is 19.8 Å². The molecular weight excluding hydrogens is 753 g/mol. The second-order valence-corrected chi connectivity index (χ2v) is 19.0. The molecule has 0 fully saturated rings. The Labute approximate surface area is 286 Å². The summed E-state index contributed by atoms with van der Waals surface area (Å²) in [4.78, 5) is 40.7. The van der Waals surface area contributed by atoms with Gasteiger partial charge in [0.05, 0.1) is 56.8 Å². The first kappa shape index (κ1) is 42.4. The molecule has 0 bridgehead atoms. The van der Waals surface area contributed by atoms with Crippen molar-refractivity contribution in [2.75, 3.05) is 77.8 Å². The van der Waals surface area contributed by atoms with Crippen molar-refractivity contribution in [2.24, 2.45) is 9.98 Å². The van der Waals surface area contributed by atoms with Gasteiger partial charge in [-0.3, -0.25) is 14.0 Å². The molecule has 12 nitrogen and oxygen atoms in total. The minimum Gasteiger partial charge on any atom is -0.438 e. The zero-order chi connectivity index (χ0) is 30.1. The molecule has 2 amide bonds. The van der Waals surface area contributed by atoms with Crippen molar-refractivity contribution in [1.29, 1.82) is 0 Å². The predicted octanol–water partition coefficient (Wildman–Crippen LogP) is 4.90. The summed E-state index contributed by atoms with van der Waals surface area (Å²) in [5.41, 5.74) is 1.48. The number of amides is 2. The number of aliphatic hydroxyl groups excluding tert-OH is 2. The van der Waals surface area contributed by atoms with Crippen LogP contribution in [0.1, 0.15) is 0 Å². The fraction of sp³-hybridized carbons (Fsp3) is 0.778. The molecule has 0 aliphatic heterocycles. The highest BCUT2D eigenvalue weighted by molar-refractivity contribution is 8.29. The number of hydrogen-bond donors (Lipinski definition) is 4. The molecule has 0 aromatic carbocycles. The standard InChI is InChI=1S/C18H34N4O8S11/c23-7-35-9-28-17(25)21-4-33-12-32-3-20-6-41(27)16-39-14-37-13-38-15-40-18(26)22-5-34-11-31-2-19-1-29-30-10-36-8-24/h1,6,23-24H,2-5,7-16H2,(H,21,25)(H,22,26)/b19-1+,20-6-. The van der Waals surface area contributed by atoms with E-state index in [1.165, 1.54) is 47.2 Å². The van der Waals surface area contributed by atoms with E-state index in [9.17, 15) is 13.8 Å². The summed E-state index contributed by atoms with van der Waals surface area (Å²) in [6.07, 6.45) is 0.704. The maximum atomic E-state index is 12.0. The lowest BCUT2D eigenvalue weighted by Gasteiger charge is -2.05. The van der Waals surface area contributed by atoms with Crippen molar-refractivity contribution in [3.8, 4) is 0 Å². The highest BCUT2D eigenvalue weighted by Gasteiger charge is 2.03. The van der Waals surface area contributed by atoms with Crippen LogP contribution in [0.3, 0.4) is 0 Å². The number of hydrogen-bond acceptors (Lipinski definition) is 20. The van der Waals surface area contributed by atoms with Gasteiger partial charge in [-0.25, -0.2) is 9.79 Å². The molecule has 240 valence electrons. The number of nitrogens with one attached hydrogen (secondary N) is 2. The van der Waals surface area contributed by atoms with Crippen LogP contribution >= 0.6 is 118 Å². The van der Waals surface area contributed by atoms with Crippen molar-refractivity contribution in [3.05, 3.63) is 0 Å². The summed E-state index contributed by atoms with van der Waals surface area (Å²) < 4.78 is 16.8. The number of nitrogens with zero attached hydrogens (tertiary/aromatic N) is 2. The van der Waals surface area contributed by atoms with E-state index in [1.807, 2.05) is 0 Å². The van der Waals surface area contributed by atoms with E-state index in [1.54, 1.807) is 70.6 Å². The van der Waals surface area contributed by atoms with Gasteiger partial charge in [0.2, 0.25) is 6.40 Å². The molecule has 1 unspecified atom stereocenters. The molecule has 0 radical (unpaired) electrons. The average Bonchev–Trinajstić information content (AvgIpc) is 2.96. The molecule has 0 rings (SSSR count). The molecule has 0 saturated heterocycles. The second-order valence-electron chi connectivity index (χ2n) is 5.97. The fourth-order valence-corrected chi connectivity index (χ4v) is 10.9. The molecule has 4 N–H and O–H groups in total. The number of carbonyl (C=O) groups is 2. The van der Waals surface area contributed by atoms with Gasteiger partial charge >= 0.3 is 6.09 Å². The maximum Gasteiger partial charge on any atom is 0.408 e. The van der Waals surface area contributed by atoms with Crippen LogP contribution in [0.5, 0.6) is 0 Å². The molecule has 23 heteroatoms. The topological polar surface area (TPSA) is 168 Å². The smallest absolute Gasteiger partial charge is 0.408 e. The number of aliphatic hydroxyl groups is 2. The van der Waals surface area contributed by atoms with Gasteiger partial charge in [-0.2, -0.15) is 4.89 Å². The van der Waals surface area contributed by atoms with Crippen LogP contribution in [0.15, 0.2) is 9.98 Å². The lowest BCUT2D eigenvalue weighted by molar-refractivity contribution is -0.196. The Kier molecular flexibility index (Phi) is 37.1. The van der Waals surface area contributed by atoms with E-state index in [0.717, 1.165) is 32.1 Å². The Morgan fingerprint density at radius 2 is 1.39 bits per heavy atom. The van der Waals surface area contributed by atoms with Gasteiger partial charge in [-0.05, 0) is 0 Å². The lowest BCUT2D eigenvalue weighted by atomic mass is 11.1. The molecule has 0 spiro atoms. The minimum absolute atomic E-state index is 0.0250. The van der Waals surface area contributed by atoms with Crippen LogP contribution in [-0.4, -0.2) is 115 Å². The summed E-state index contributed by atoms with van der Waals surface area (Å²) in [5.74, 6) is 2.22. The van der Waals surface area contributed by atoms with Gasteiger partial charge in [-0.15, -0.1) is 94.1 Å². The third-order valence-corrected chi connectivity index (χ3v) is 14.2. The van der Waals surface area contributed by atoms with Crippen LogP contribution in [0.25, 0.3) is 0 Å². The fourth-order valence-electron chi connectivity index (χ4n) is 1.57. The van der Waals surface area contributed by atoms with E-state index in [-0.39, 0.29) is 29.0 Å². The summed E-state index contributed by atoms with van der Waals surface area (Å²) in [6.45, 7) is 0. The van der Waals surface area contributed by atoms with Gasteiger partial charge in [0.25, 0.3) is 5.24 Å². The predicted molar refractivity (Wildman–Crippen MR) is 194 cm³/mol. The Morgan fingerprint density at radius 1 is 0.756 bits per heavy atom. The van der Waals surface area contributed by atoms with Crippen molar-refractivity contribution in [3.63, 3.8) is 0 Å². The third-order valence-electron chi connectivity index (χ3n) is 3.07. The zero-order valence-corrected chi connectivity index (χ0v) is 30.8. The number of thioether (sulfide) groups is 10. The van der Waals surface area contributed by atoms with Crippen LogP contribution in [0, 0.1) is 0 Å². The van der Waals surface area contributed by atoms with Gasteiger partial charge < -0.3 is 30.5 Å². The molecule has 41 heavy (non-hydrogen) atoms. The van der Waals surface area contributed by atoms with Crippen LogP contribution in [0.4, 0.5) is 9.59 Å². The van der Waals surface area contributed by atoms with Crippen molar-refractivity contribution >= 4 is 152 Å². The largest absolute Gasteiger partial charge is 0.438 e. The molecule has 0 aliphatic carbocycles. The third kappa shape index (κ3) is 35.8. The molecule has 0 heterocycles. The Bertz CT molecular complexity index is 719. The first-order valence-corrected chi connectivity index (χ1v) is 23.7. The minimum atomic E-state index is -1.11. The lowest BCUT2D eigenvalue weighted by Crippen LogP contribution is -2.23. The summed E-state index contributed by atoms with van der Waals surface area (Å²) in [7, 11) is -1.11. The molecule has 0 aromatic rings. The number of carbonyl (C=O) groups excluding carboxylic acids is 2. The normalized spacial score (nSPS) is 12.1. The summed E-state index contributed by atoms with van der Waals surface area (Å²) in [5, 5.41) is 26.9. The molecule has 1 atom stereocenters. The highest BCUT2D eigenvalue weighted by atomic mass is 32.3. The first-order valence-electron chi connectivity index (χ1n) is 11.0. The number of alkyl carbamates (subject to hydrolysis) is 1. The number of aliphatic imine (C=N–C) groups is 2. The number of ether oxygens (including phenoxy) is 1. The van der Waals surface area contributed by atoms with Gasteiger partial charge in [0, 0.05) is 25.4 Å². The highest BCUT2D eigenvalue weighted by Crippen LogP contribution is 2.22. The van der Waals surface area contributed by atoms with Gasteiger partial charge in [0.15, 0.2) is 0 Å². The Balaban J connectivity index is 3.39. The van der Waals surface area contributed by atoms with E-state index < -0.39 is 16.9 Å². The molecule has 0 aliphatic rings. The van der Waals surface area contributed by atoms with Crippen LogP contribution in [-0.2, 0) is 25.3 Å². The Hall–Kier alpha value is 1.41. The summed E-state index contributed by atoms with van der Waals surface area (Å²) in [6, 6.07) is 0. The first-order chi connectivity index (χ1) is 20.1. The SMILES string of the molecule is O=C(NCSCSC/N=C\S(=O)CSCSCSCSC(=O)NCSCSC/N=C/OOCSCO)OCSCO. The maximum absolute atomic E-state index is 12.0. The number of rotatable bonds is 29. The average molecular weight is 787 g/mol. The van der Waals surface area contributed by atoms with E-state index in [0.29, 0.717) is 33.7 Å². The van der Waals surface area contributed by atoms with Gasteiger partial charge in [-0.1, -0.05) is 23.5 Å². The summed E-state index contributed by atoms with van der Waals surface area (Å²) >= 11 is 14.8. The monoisotopic (exact) mass is 786 g/mol. The van der Waals surface area contributed by atoms with Crippen LogP contribution < -0.4 is 10.6 Å². The van der Waals surface area contributed by atoms with Crippen molar-refractivity contribution in [2.45, 2.75) is 0 Å².